The molecule has 0 aliphatic rings. The lowest BCUT2D eigenvalue weighted by Gasteiger charge is -2.20. The van der Waals surface area contributed by atoms with Crippen molar-refractivity contribution in [2.75, 3.05) is 24.6 Å². The summed E-state index contributed by atoms with van der Waals surface area (Å²) in [6, 6.07) is -2.21. The first-order valence-electron chi connectivity index (χ1n) is 15.2. The predicted octanol–water partition coefficient (Wildman–Crippen LogP) is 1.68. The van der Waals surface area contributed by atoms with E-state index in [4.69, 9.17) is 0 Å². The van der Waals surface area contributed by atoms with E-state index in [1.54, 1.807) is 0 Å². The minimum Gasteiger partial charge on any atom is -0.548 e. The van der Waals surface area contributed by atoms with Crippen LogP contribution < -0.4 is 27.2 Å². The third kappa shape index (κ3) is 24.3. The smallest absolute Gasteiger partial charge is 0.327 e. The summed E-state index contributed by atoms with van der Waals surface area (Å²) in [5.41, 5.74) is 7.68. The van der Waals surface area contributed by atoms with Gasteiger partial charge in [0.05, 0.1) is 25.1 Å². The van der Waals surface area contributed by atoms with Crippen molar-refractivity contribution in [1.29, 1.82) is 0 Å². The highest BCUT2D eigenvalue weighted by atomic mass is 33.1. The second-order valence-electron chi connectivity index (χ2n) is 10.3. The molecule has 0 aliphatic carbocycles. The van der Waals surface area contributed by atoms with Crippen LogP contribution in [0.5, 0.6) is 0 Å². The van der Waals surface area contributed by atoms with Gasteiger partial charge in [-0.15, -0.1) is 0 Å². The largest absolute Gasteiger partial charge is 0.548 e. The van der Waals surface area contributed by atoms with Gasteiger partial charge in [0, 0.05) is 24.3 Å². The third-order valence-corrected chi connectivity index (χ3v) is 9.04. The molecule has 0 aromatic rings. The van der Waals surface area contributed by atoms with Crippen LogP contribution in [-0.2, 0) is 19.2 Å². The first kappa shape index (κ1) is 38.5. The van der Waals surface area contributed by atoms with E-state index in [2.05, 4.69) is 22.1 Å². The molecule has 0 saturated heterocycles. The lowest BCUT2D eigenvalue weighted by atomic mass is 10.1. The Morgan fingerprint density at radius 1 is 0.575 bits per heavy atom. The number of hydrogen-bond acceptors (Lipinski definition) is 7. The van der Waals surface area contributed by atoms with E-state index in [-0.39, 0.29) is 29.7 Å². The molecular weight excluding hydrogens is 552 g/mol. The lowest BCUT2D eigenvalue weighted by molar-refractivity contribution is -0.368. The SMILES string of the molecule is [NH3+]CCCCCCCCCCC(=O)NC(CSSCC(NC(=O)CCCCCCCCCC[NH3+])C(=O)O)C(=O)[O-]. The summed E-state index contributed by atoms with van der Waals surface area (Å²) in [6.07, 6.45) is 17.9. The summed E-state index contributed by atoms with van der Waals surface area (Å²) in [7, 11) is 2.29. The van der Waals surface area contributed by atoms with Gasteiger partial charge in [-0.05, 0) is 38.5 Å². The number of carbonyl (C=O) groups is 4. The van der Waals surface area contributed by atoms with Crippen molar-refractivity contribution in [3.8, 4) is 0 Å². The minimum absolute atomic E-state index is 0.0433. The molecule has 0 aliphatic heterocycles. The van der Waals surface area contributed by atoms with Crippen LogP contribution in [0.25, 0.3) is 0 Å². The van der Waals surface area contributed by atoms with Crippen LogP contribution in [0.15, 0.2) is 0 Å². The Hall–Kier alpha value is -1.50. The van der Waals surface area contributed by atoms with Crippen molar-refractivity contribution in [3.63, 3.8) is 0 Å². The van der Waals surface area contributed by atoms with Gasteiger partial charge in [-0.1, -0.05) is 85.8 Å². The standard InChI is InChI=1S/C28H54N4O6S2/c29-19-15-11-7-3-1-5-9-13-17-25(33)31-23(27(35)36)21-39-40-22-24(28(37)38)32-26(34)18-14-10-6-2-4-8-12-16-20-30/h23-24H,1-22,29-30H2,(H,31,33)(H,32,34)(H,35,36)(H,37,38)/p+1. The number of aliphatic carboxylic acids is 2. The van der Waals surface area contributed by atoms with Crippen LogP contribution >= 0.6 is 21.6 Å². The second kappa shape index (κ2) is 27.7. The zero-order valence-electron chi connectivity index (χ0n) is 24.4. The molecule has 0 spiro atoms. The van der Waals surface area contributed by atoms with E-state index in [1.165, 1.54) is 51.4 Å². The van der Waals surface area contributed by atoms with E-state index in [0.717, 1.165) is 79.6 Å². The predicted molar refractivity (Wildman–Crippen MR) is 160 cm³/mol. The average Bonchev–Trinajstić information content (AvgIpc) is 2.91. The summed E-state index contributed by atoms with van der Waals surface area (Å²) in [5.74, 6) is -2.98. The van der Waals surface area contributed by atoms with Crippen molar-refractivity contribution < 1.29 is 40.9 Å². The number of carbonyl (C=O) groups excluding carboxylic acids is 3. The zero-order chi connectivity index (χ0) is 29.8. The molecule has 0 rings (SSSR count). The van der Waals surface area contributed by atoms with Gasteiger partial charge in [0.15, 0.2) is 0 Å². The Morgan fingerprint density at radius 2 is 0.900 bits per heavy atom. The van der Waals surface area contributed by atoms with Gasteiger partial charge in [0.1, 0.15) is 6.04 Å². The highest BCUT2D eigenvalue weighted by Gasteiger charge is 2.21. The van der Waals surface area contributed by atoms with E-state index in [1.807, 2.05) is 0 Å². The van der Waals surface area contributed by atoms with Gasteiger partial charge in [0.2, 0.25) is 11.8 Å². The first-order chi connectivity index (χ1) is 19.3. The lowest BCUT2D eigenvalue weighted by Crippen LogP contribution is -2.50. The maximum Gasteiger partial charge on any atom is 0.327 e. The number of carboxylic acid groups (broad SMARTS) is 2. The Morgan fingerprint density at radius 3 is 1.25 bits per heavy atom. The fourth-order valence-electron chi connectivity index (χ4n) is 4.15. The van der Waals surface area contributed by atoms with Crippen molar-refractivity contribution in [2.24, 2.45) is 0 Å². The van der Waals surface area contributed by atoms with Crippen LogP contribution in [0.1, 0.15) is 116 Å². The van der Waals surface area contributed by atoms with E-state index in [0.29, 0.717) is 12.8 Å². The Bertz CT molecular complexity index is 631. The fraction of sp³-hybridized carbons (Fsp3) is 0.857. The zero-order valence-corrected chi connectivity index (χ0v) is 26.1. The number of hydrogen-bond donors (Lipinski definition) is 5. The quantitative estimate of drug-likeness (QED) is 0.0626. The van der Waals surface area contributed by atoms with Crippen molar-refractivity contribution in [3.05, 3.63) is 0 Å². The summed E-state index contributed by atoms with van der Waals surface area (Å²) in [6.45, 7) is 1.97. The Balaban J connectivity index is 4.07. The maximum absolute atomic E-state index is 12.2. The summed E-state index contributed by atoms with van der Waals surface area (Å²) < 4.78 is 0. The summed E-state index contributed by atoms with van der Waals surface area (Å²) in [5, 5.41) is 26.0. The molecule has 2 unspecified atom stereocenters. The highest BCUT2D eigenvalue weighted by molar-refractivity contribution is 8.76. The molecule has 0 aromatic carbocycles. The Labute approximate surface area is 248 Å². The maximum atomic E-state index is 12.2. The second-order valence-corrected chi connectivity index (χ2v) is 12.9. The number of unbranched alkanes of at least 4 members (excludes halogenated alkanes) is 14. The third-order valence-electron chi connectivity index (χ3n) is 6.61. The first-order valence-corrected chi connectivity index (χ1v) is 17.7. The molecule has 0 bridgehead atoms. The van der Waals surface area contributed by atoms with Gasteiger partial charge >= 0.3 is 5.97 Å². The fourth-order valence-corrected chi connectivity index (χ4v) is 6.46. The molecule has 9 N–H and O–H groups in total. The van der Waals surface area contributed by atoms with Crippen LogP contribution in [0, 0.1) is 0 Å². The molecule has 0 heterocycles. The van der Waals surface area contributed by atoms with Crippen LogP contribution in [0.3, 0.4) is 0 Å². The minimum atomic E-state index is -1.37. The van der Waals surface area contributed by atoms with Gasteiger partial charge in [-0.3, -0.25) is 9.59 Å². The van der Waals surface area contributed by atoms with E-state index >= 15 is 0 Å². The molecule has 2 atom stereocenters. The van der Waals surface area contributed by atoms with Crippen LogP contribution in [0.2, 0.25) is 0 Å². The molecule has 234 valence electrons. The Kier molecular flexibility index (Phi) is 26.6. The highest BCUT2D eigenvalue weighted by Crippen LogP contribution is 2.23. The molecule has 0 aromatic heterocycles. The normalized spacial score (nSPS) is 12.6. The van der Waals surface area contributed by atoms with Crippen LogP contribution in [-0.4, -0.2) is 65.5 Å². The molecule has 10 nitrogen and oxygen atoms in total. The molecular formula is C28H55N4O6S2+. The molecule has 12 heteroatoms. The number of quaternary nitrogens is 2. The van der Waals surface area contributed by atoms with Crippen molar-refractivity contribution in [2.45, 2.75) is 128 Å². The molecule has 0 fully saturated rings. The summed E-state index contributed by atoms with van der Waals surface area (Å²) >= 11 is 0. The topological polar surface area (TPSA) is 191 Å². The van der Waals surface area contributed by atoms with Gasteiger partial charge in [-0.2, -0.15) is 0 Å². The van der Waals surface area contributed by atoms with Crippen molar-refractivity contribution >= 4 is 45.3 Å². The van der Waals surface area contributed by atoms with E-state index in [9.17, 15) is 29.4 Å². The van der Waals surface area contributed by atoms with Gasteiger partial charge in [-0.25, -0.2) is 4.79 Å². The number of nitrogens with one attached hydrogen (secondary N) is 2. The molecule has 0 radical (unpaired) electrons. The van der Waals surface area contributed by atoms with Crippen LogP contribution in [0.4, 0.5) is 0 Å². The van der Waals surface area contributed by atoms with Crippen molar-refractivity contribution in [1.82, 2.24) is 10.6 Å². The van der Waals surface area contributed by atoms with Gasteiger partial charge < -0.3 is 37.1 Å². The van der Waals surface area contributed by atoms with E-state index < -0.39 is 24.0 Å². The monoisotopic (exact) mass is 607 g/mol. The number of amides is 2. The average molecular weight is 608 g/mol. The van der Waals surface area contributed by atoms with Gasteiger partial charge in [0.25, 0.3) is 0 Å². The molecule has 2 amide bonds. The molecule has 40 heavy (non-hydrogen) atoms. The molecule has 0 saturated carbocycles. The summed E-state index contributed by atoms with van der Waals surface area (Å²) in [4.78, 5) is 47.4. The number of rotatable bonds is 29. The number of carboxylic acids is 2.